The van der Waals surface area contributed by atoms with Crippen LogP contribution in [-0.4, -0.2) is 39.0 Å². The number of hydrazone groups is 1. The number of nitro groups is 1. The topological polar surface area (TPSA) is 132 Å². The summed E-state index contributed by atoms with van der Waals surface area (Å²) in [5, 5.41) is 28.8. The molecule has 1 amide bonds. The maximum atomic E-state index is 12.2. The van der Waals surface area contributed by atoms with Crippen molar-refractivity contribution in [3.8, 4) is 11.5 Å². The van der Waals surface area contributed by atoms with E-state index < -0.39 is 10.8 Å². The van der Waals surface area contributed by atoms with Crippen molar-refractivity contribution in [1.82, 2.24) is 15.2 Å². The van der Waals surface area contributed by atoms with Crippen molar-refractivity contribution in [2.75, 3.05) is 7.11 Å². The highest BCUT2D eigenvalue weighted by molar-refractivity contribution is 9.10. The van der Waals surface area contributed by atoms with Gasteiger partial charge < -0.3 is 9.84 Å². The van der Waals surface area contributed by atoms with Crippen LogP contribution in [0.5, 0.6) is 11.5 Å². The van der Waals surface area contributed by atoms with Gasteiger partial charge in [0.2, 0.25) is 0 Å². The van der Waals surface area contributed by atoms with E-state index in [1.165, 1.54) is 36.2 Å². The number of methoxy groups -OCH3 is 1. The highest BCUT2D eigenvalue weighted by atomic mass is 79.9. The molecule has 2 aromatic carbocycles. The molecule has 0 saturated heterocycles. The zero-order valence-corrected chi connectivity index (χ0v) is 17.2. The summed E-state index contributed by atoms with van der Waals surface area (Å²) in [6.45, 7) is 0.347. The summed E-state index contributed by atoms with van der Waals surface area (Å²) >= 11 is 3.30. The minimum absolute atomic E-state index is 0.00578. The number of carbonyl (C=O) groups is 1. The Hall–Kier alpha value is -3.73. The van der Waals surface area contributed by atoms with Crippen LogP contribution >= 0.6 is 15.9 Å². The number of nitrogens with one attached hydrogen (secondary N) is 1. The van der Waals surface area contributed by atoms with Crippen LogP contribution in [0.4, 0.5) is 5.69 Å². The molecule has 0 aliphatic heterocycles. The molecule has 3 rings (SSSR count). The van der Waals surface area contributed by atoms with Gasteiger partial charge in [0.25, 0.3) is 11.6 Å². The Morgan fingerprint density at radius 3 is 2.77 bits per heavy atom. The van der Waals surface area contributed by atoms with E-state index in [1.54, 1.807) is 30.5 Å². The van der Waals surface area contributed by atoms with Crippen molar-refractivity contribution in [2.24, 2.45) is 5.10 Å². The fourth-order valence-electron chi connectivity index (χ4n) is 2.55. The molecular weight excluding hydrogens is 458 g/mol. The number of ether oxygens (including phenoxy) is 1. The molecule has 0 spiro atoms. The van der Waals surface area contributed by atoms with Crippen molar-refractivity contribution in [3.63, 3.8) is 0 Å². The van der Waals surface area contributed by atoms with Crippen LogP contribution in [0.2, 0.25) is 0 Å². The van der Waals surface area contributed by atoms with E-state index in [1.807, 2.05) is 0 Å². The Bertz CT molecular complexity index is 1110. The van der Waals surface area contributed by atoms with Crippen LogP contribution in [0.25, 0.3) is 0 Å². The molecule has 30 heavy (non-hydrogen) atoms. The maximum absolute atomic E-state index is 12.2. The van der Waals surface area contributed by atoms with Crippen molar-refractivity contribution in [3.05, 3.63) is 80.1 Å². The minimum atomic E-state index is -0.532. The number of nitrogens with zero attached hydrogens (tertiary/aromatic N) is 4. The summed E-state index contributed by atoms with van der Waals surface area (Å²) in [6.07, 6.45) is 2.90. The van der Waals surface area contributed by atoms with Gasteiger partial charge in [0, 0.05) is 28.4 Å². The average Bonchev–Trinajstić information content (AvgIpc) is 3.19. The summed E-state index contributed by atoms with van der Waals surface area (Å²) in [5.74, 6) is -0.372. The first-order valence-corrected chi connectivity index (χ1v) is 9.33. The lowest BCUT2D eigenvalue weighted by Crippen LogP contribution is -2.18. The Morgan fingerprint density at radius 1 is 1.37 bits per heavy atom. The number of hydrogen-bond acceptors (Lipinski definition) is 7. The molecule has 3 aromatic rings. The molecule has 0 atom stereocenters. The van der Waals surface area contributed by atoms with Crippen LogP contribution in [-0.2, 0) is 6.54 Å². The van der Waals surface area contributed by atoms with Gasteiger partial charge in [-0.3, -0.25) is 19.6 Å². The van der Waals surface area contributed by atoms with Crippen LogP contribution < -0.4 is 10.2 Å². The smallest absolute Gasteiger partial charge is 0.291 e. The average molecular weight is 474 g/mol. The van der Waals surface area contributed by atoms with Crippen LogP contribution in [0.1, 0.15) is 21.6 Å². The standard InChI is InChI=1S/C19H16BrN5O5/c1-30-17-9-14(20)8-13(18(17)26)10-21-22-19(27)16-6-7-24(23-16)11-12-2-4-15(5-3-12)25(28)29/h2-10,26H,11H2,1H3,(H,22,27)/b21-10+. The van der Waals surface area contributed by atoms with Gasteiger partial charge in [-0.1, -0.05) is 28.1 Å². The molecule has 11 heteroatoms. The highest BCUT2D eigenvalue weighted by Crippen LogP contribution is 2.32. The Kier molecular flexibility index (Phi) is 6.42. The molecule has 10 nitrogen and oxygen atoms in total. The second-order valence-corrected chi connectivity index (χ2v) is 6.98. The number of aromatic nitrogens is 2. The van der Waals surface area contributed by atoms with Crippen molar-refractivity contribution in [2.45, 2.75) is 6.54 Å². The molecule has 0 fully saturated rings. The third-order valence-electron chi connectivity index (χ3n) is 4.02. The molecule has 0 saturated carbocycles. The zero-order chi connectivity index (χ0) is 21.7. The Morgan fingerprint density at radius 2 is 2.10 bits per heavy atom. The van der Waals surface area contributed by atoms with Gasteiger partial charge in [0.05, 0.1) is 24.8 Å². The number of phenols is 1. The Balaban J connectivity index is 1.63. The number of carbonyl (C=O) groups excluding carboxylic acids is 1. The fraction of sp³-hybridized carbons (Fsp3) is 0.105. The third kappa shape index (κ3) is 5.00. The number of benzene rings is 2. The lowest BCUT2D eigenvalue weighted by atomic mass is 10.2. The normalized spacial score (nSPS) is 10.9. The lowest BCUT2D eigenvalue weighted by molar-refractivity contribution is -0.384. The van der Waals surface area contributed by atoms with E-state index in [0.717, 1.165) is 5.56 Å². The van der Waals surface area contributed by atoms with Crippen LogP contribution in [0.15, 0.2) is 58.2 Å². The molecule has 0 radical (unpaired) electrons. The first kappa shape index (κ1) is 21.0. The second kappa shape index (κ2) is 9.18. The van der Waals surface area contributed by atoms with E-state index in [9.17, 15) is 20.0 Å². The number of halogens is 1. The van der Waals surface area contributed by atoms with E-state index >= 15 is 0 Å². The quantitative estimate of drug-likeness (QED) is 0.307. The SMILES string of the molecule is COc1cc(Br)cc(/C=N/NC(=O)c2ccn(Cc3ccc([N+](=O)[O-])cc3)n2)c1O. The summed E-state index contributed by atoms with van der Waals surface area (Å²) in [5.41, 5.74) is 3.64. The van der Waals surface area contributed by atoms with E-state index in [0.29, 0.717) is 16.6 Å². The van der Waals surface area contributed by atoms with E-state index in [2.05, 4.69) is 31.6 Å². The summed E-state index contributed by atoms with van der Waals surface area (Å²) in [7, 11) is 1.43. The first-order valence-electron chi connectivity index (χ1n) is 8.54. The molecule has 0 aliphatic carbocycles. The number of nitro benzene ring substituents is 1. The monoisotopic (exact) mass is 473 g/mol. The van der Waals surface area contributed by atoms with E-state index in [-0.39, 0.29) is 22.9 Å². The predicted molar refractivity (Wildman–Crippen MR) is 112 cm³/mol. The number of aromatic hydroxyl groups is 1. The molecule has 2 N–H and O–H groups in total. The number of non-ortho nitro benzene ring substituents is 1. The molecule has 1 aromatic heterocycles. The predicted octanol–water partition coefficient (Wildman–Crippen LogP) is 3.08. The highest BCUT2D eigenvalue weighted by Gasteiger charge is 2.11. The molecule has 1 heterocycles. The largest absolute Gasteiger partial charge is 0.504 e. The van der Waals surface area contributed by atoms with Gasteiger partial charge in [0.1, 0.15) is 0 Å². The number of phenolic OH excluding ortho intramolecular Hbond substituents is 1. The molecule has 154 valence electrons. The molecule has 0 bridgehead atoms. The second-order valence-electron chi connectivity index (χ2n) is 6.07. The van der Waals surface area contributed by atoms with Gasteiger partial charge in [-0.15, -0.1) is 0 Å². The number of amides is 1. The van der Waals surface area contributed by atoms with Gasteiger partial charge in [-0.25, -0.2) is 5.43 Å². The third-order valence-corrected chi connectivity index (χ3v) is 4.48. The Labute approximate surface area is 179 Å². The van der Waals surface area contributed by atoms with Gasteiger partial charge in [-0.05, 0) is 23.8 Å². The number of rotatable bonds is 7. The van der Waals surface area contributed by atoms with Gasteiger partial charge in [-0.2, -0.15) is 10.2 Å². The summed E-state index contributed by atoms with van der Waals surface area (Å²) < 4.78 is 7.27. The fourth-order valence-corrected chi connectivity index (χ4v) is 3.00. The van der Waals surface area contributed by atoms with Crippen LogP contribution in [0.3, 0.4) is 0 Å². The molecule has 0 unspecified atom stereocenters. The zero-order valence-electron chi connectivity index (χ0n) is 15.7. The summed E-state index contributed by atoms with van der Waals surface area (Å²) in [6, 6.07) is 10.8. The lowest BCUT2D eigenvalue weighted by Gasteiger charge is -2.06. The van der Waals surface area contributed by atoms with Crippen molar-refractivity contribution >= 4 is 33.7 Å². The minimum Gasteiger partial charge on any atom is -0.504 e. The van der Waals surface area contributed by atoms with Crippen molar-refractivity contribution < 1.29 is 19.6 Å². The molecular formula is C19H16BrN5O5. The van der Waals surface area contributed by atoms with Gasteiger partial charge in [0.15, 0.2) is 17.2 Å². The summed E-state index contributed by atoms with van der Waals surface area (Å²) in [4.78, 5) is 22.5. The molecule has 0 aliphatic rings. The number of hydrogen-bond donors (Lipinski definition) is 2. The van der Waals surface area contributed by atoms with E-state index in [4.69, 9.17) is 4.74 Å². The van der Waals surface area contributed by atoms with Crippen LogP contribution in [0, 0.1) is 10.1 Å². The maximum Gasteiger partial charge on any atom is 0.291 e. The van der Waals surface area contributed by atoms with Crippen molar-refractivity contribution in [1.29, 1.82) is 0 Å². The van der Waals surface area contributed by atoms with Gasteiger partial charge >= 0.3 is 0 Å². The first-order chi connectivity index (χ1) is 14.4.